The summed E-state index contributed by atoms with van der Waals surface area (Å²) < 4.78 is 6.57. The zero-order valence-corrected chi connectivity index (χ0v) is 16.6. The van der Waals surface area contributed by atoms with Gasteiger partial charge in [0.15, 0.2) is 0 Å². The lowest BCUT2D eigenvalue weighted by molar-refractivity contribution is -0.121. The van der Waals surface area contributed by atoms with E-state index in [2.05, 4.69) is 23.5 Å². The second-order valence-corrected chi connectivity index (χ2v) is 10.3. The van der Waals surface area contributed by atoms with Crippen LogP contribution in [0.3, 0.4) is 0 Å². The van der Waals surface area contributed by atoms with Gasteiger partial charge in [-0.1, -0.05) is 12.1 Å². The van der Waals surface area contributed by atoms with Crippen LogP contribution in [0.15, 0.2) is 24.3 Å². The molecule has 5 heteroatoms. The Morgan fingerprint density at radius 1 is 1.11 bits per heavy atom. The van der Waals surface area contributed by atoms with Gasteiger partial charge in [-0.05, 0) is 85.6 Å². The highest BCUT2D eigenvalue weighted by atomic mass is 32.2. The summed E-state index contributed by atoms with van der Waals surface area (Å²) in [6.07, 6.45) is 8.22. The molecular weight excluding hydrogens is 356 g/mol. The van der Waals surface area contributed by atoms with Gasteiger partial charge in [0.05, 0.1) is 0 Å². The number of nitrogens with two attached hydrogens (primary N) is 1. The molecule has 1 aliphatic heterocycles. The van der Waals surface area contributed by atoms with Crippen LogP contribution in [0.25, 0.3) is 0 Å². The van der Waals surface area contributed by atoms with Gasteiger partial charge in [0.25, 0.3) is 0 Å². The maximum Gasteiger partial charge on any atom is 0.237 e. The van der Waals surface area contributed by atoms with Crippen molar-refractivity contribution >= 4 is 17.7 Å². The van der Waals surface area contributed by atoms with Crippen LogP contribution in [-0.2, 0) is 4.79 Å². The number of rotatable bonds is 4. The number of carbonyl (C=O) groups excluding carboxylic acids is 1. The van der Waals surface area contributed by atoms with Gasteiger partial charge in [0, 0.05) is 12.6 Å². The first-order valence-corrected chi connectivity index (χ1v) is 11.6. The predicted octanol–water partition coefficient (Wildman–Crippen LogP) is 3.51. The van der Waals surface area contributed by atoms with Crippen molar-refractivity contribution in [1.29, 1.82) is 0 Å². The Kier molecular flexibility index (Phi) is 4.85. The molecule has 5 fully saturated rings. The van der Waals surface area contributed by atoms with E-state index < -0.39 is 0 Å². The number of ether oxygens (including phenoxy) is 1. The standard InChI is InChI=1S/C22H30N2O2S/c23-12-18-4-5-27-21(22(25)24-18)15-2-1-3-19(11-15)26-20-16-7-13-6-14(9-16)10-17(20)8-13/h1-3,11,13-14,16-18,20-21H,4-10,12,23H2,(H,24,25)/t13?,14?,16?,17?,18-,20?,21+/m0/s1. The highest BCUT2D eigenvalue weighted by Crippen LogP contribution is 2.54. The molecule has 1 saturated heterocycles. The topological polar surface area (TPSA) is 64.3 Å². The van der Waals surface area contributed by atoms with Crippen LogP contribution in [0, 0.1) is 23.7 Å². The summed E-state index contributed by atoms with van der Waals surface area (Å²) in [5.41, 5.74) is 6.81. The molecular formula is C22H30N2O2S. The van der Waals surface area contributed by atoms with E-state index >= 15 is 0 Å². The lowest BCUT2D eigenvalue weighted by Gasteiger charge is -2.53. The van der Waals surface area contributed by atoms with E-state index in [1.807, 2.05) is 6.07 Å². The molecule has 6 rings (SSSR count). The zero-order chi connectivity index (χ0) is 18.4. The Morgan fingerprint density at radius 2 is 1.85 bits per heavy atom. The smallest absolute Gasteiger partial charge is 0.237 e. The van der Waals surface area contributed by atoms with E-state index in [4.69, 9.17) is 10.5 Å². The van der Waals surface area contributed by atoms with Gasteiger partial charge in [0.1, 0.15) is 17.1 Å². The summed E-state index contributed by atoms with van der Waals surface area (Å²) in [6, 6.07) is 8.37. The lowest BCUT2D eigenvalue weighted by atomic mass is 9.55. The summed E-state index contributed by atoms with van der Waals surface area (Å²) in [6.45, 7) is 0.509. The fraction of sp³-hybridized carbons (Fsp3) is 0.682. The molecule has 1 heterocycles. The van der Waals surface area contributed by atoms with Gasteiger partial charge in [-0.2, -0.15) is 0 Å². The first kappa shape index (κ1) is 17.9. The molecule has 1 aromatic carbocycles. The molecule has 4 bridgehead atoms. The van der Waals surface area contributed by atoms with Crippen molar-refractivity contribution in [3.63, 3.8) is 0 Å². The fourth-order valence-corrected chi connectivity index (χ4v) is 7.37. The van der Waals surface area contributed by atoms with Crippen LogP contribution in [-0.4, -0.2) is 30.4 Å². The monoisotopic (exact) mass is 386 g/mol. The van der Waals surface area contributed by atoms with Gasteiger partial charge in [-0.3, -0.25) is 4.79 Å². The number of hydrogen-bond acceptors (Lipinski definition) is 4. The molecule has 4 saturated carbocycles. The molecule has 0 aromatic heterocycles. The van der Waals surface area contributed by atoms with Crippen LogP contribution in [0.2, 0.25) is 0 Å². The molecule has 0 unspecified atom stereocenters. The Balaban J connectivity index is 1.31. The third-order valence-electron chi connectivity index (χ3n) is 7.19. The molecule has 1 amide bonds. The Labute approximate surface area is 166 Å². The van der Waals surface area contributed by atoms with Gasteiger partial charge >= 0.3 is 0 Å². The third kappa shape index (κ3) is 3.49. The number of benzene rings is 1. The van der Waals surface area contributed by atoms with E-state index in [9.17, 15) is 4.79 Å². The van der Waals surface area contributed by atoms with E-state index in [0.717, 1.165) is 47.2 Å². The van der Waals surface area contributed by atoms with E-state index in [-0.39, 0.29) is 17.2 Å². The second kappa shape index (κ2) is 7.32. The zero-order valence-electron chi connectivity index (χ0n) is 15.8. The van der Waals surface area contributed by atoms with E-state index in [1.54, 1.807) is 11.8 Å². The van der Waals surface area contributed by atoms with Crippen molar-refractivity contribution in [2.24, 2.45) is 29.4 Å². The number of amides is 1. The minimum absolute atomic E-state index is 0.0831. The third-order valence-corrected chi connectivity index (χ3v) is 8.48. The quantitative estimate of drug-likeness (QED) is 0.831. The Bertz CT molecular complexity index is 681. The minimum atomic E-state index is -0.163. The molecule has 0 spiro atoms. The van der Waals surface area contributed by atoms with E-state index in [0.29, 0.717) is 12.6 Å². The SMILES string of the molecule is NC[C@@H]1CCS[C@H](c2cccc(OC3C4CC5CC(C4)CC3C5)c2)C(=O)N1. The first-order chi connectivity index (χ1) is 13.2. The maximum atomic E-state index is 12.7. The van der Waals surface area contributed by atoms with Gasteiger partial charge in [-0.25, -0.2) is 0 Å². The minimum Gasteiger partial charge on any atom is -0.490 e. The molecule has 0 radical (unpaired) electrons. The molecule has 4 nitrogen and oxygen atoms in total. The highest BCUT2D eigenvalue weighted by molar-refractivity contribution is 8.00. The summed E-state index contributed by atoms with van der Waals surface area (Å²) in [4.78, 5) is 12.7. The summed E-state index contributed by atoms with van der Waals surface area (Å²) in [5, 5.41) is 2.93. The largest absolute Gasteiger partial charge is 0.490 e. The summed E-state index contributed by atoms with van der Waals surface area (Å²) >= 11 is 1.72. The van der Waals surface area contributed by atoms with Crippen LogP contribution in [0.5, 0.6) is 5.75 Å². The molecule has 27 heavy (non-hydrogen) atoms. The molecule has 2 atom stereocenters. The summed E-state index contributed by atoms with van der Waals surface area (Å²) in [5.74, 6) is 5.38. The van der Waals surface area contributed by atoms with Crippen molar-refractivity contribution in [3.8, 4) is 5.75 Å². The molecule has 1 aromatic rings. The number of hydrogen-bond donors (Lipinski definition) is 2. The maximum absolute atomic E-state index is 12.7. The number of nitrogens with one attached hydrogen (secondary N) is 1. The van der Waals surface area contributed by atoms with Crippen molar-refractivity contribution < 1.29 is 9.53 Å². The number of thioether (sulfide) groups is 1. The van der Waals surface area contributed by atoms with Gasteiger partial charge in [0.2, 0.25) is 5.91 Å². The van der Waals surface area contributed by atoms with Crippen LogP contribution < -0.4 is 15.8 Å². The molecule has 5 aliphatic rings. The average Bonchev–Trinajstić information content (AvgIpc) is 2.85. The molecule has 4 aliphatic carbocycles. The average molecular weight is 387 g/mol. The van der Waals surface area contributed by atoms with Gasteiger partial charge < -0.3 is 15.8 Å². The van der Waals surface area contributed by atoms with Crippen LogP contribution >= 0.6 is 11.8 Å². The van der Waals surface area contributed by atoms with Crippen LogP contribution in [0.4, 0.5) is 0 Å². The fourth-order valence-electron chi connectivity index (χ4n) is 6.15. The molecule has 146 valence electrons. The predicted molar refractivity (Wildman–Crippen MR) is 109 cm³/mol. The summed E-state index contributed by atoms with van der Waals surface area (Å²) in [7, 11) is 0. The first-order valence-electron chi connectivity index (χ1n) is 10.6. The van der Waals surface area contributed by atoms with Crippen molar-refractivity contribution in [3.05, 3.63) is 29.8 Å². The Hall–Kier alpha value is -1.20. The van der Waals surface area contributed by atoms with E-state index in [1.165, 1.54) is 32.1 Å². The normalized spacial score (nSPS) is 40.5. The second-order valence-electron chi connectivity index (χ2n) is 9.07. The Morgan fingerprint density at radius 3 is 2.56 bits per heavy atom. The number of carbonyl (C=O) groups is 1. The van der Waals surface area contributed by atoms with Gasteiger partial charge in [-0.15, -0.1) is 11.8 Å². The molecule has 3 N–H and O–H groups in total. The van der Waals surface area contributed by atoms with Crippen molar-refractivity contribution in [2.45, 2.75) is 55.9 Å². The van der Waals surface area contributed by atoms with Crippen molar-refractivity contribution in [1.82, 2.24) is 5.32 Å². The van der Waals surface area contributed by atoms with Crippen molar-refractivity contribution in [2.75, 3.05) is 12.3 Å². The lowest BCUT2D eigenvalue weighted by Crippen LogP contribution is -2.50. The highest BCUT2D eigenvalue weighted by Gasteiger charge is 2.49. The van der Waals surface area contributed by atoms with Crippen LogP contribution in [0.1, 0.15) is 49.3 Å².